The average molecular weight is 283 g/mol. The maximum Gasteiger partial charge on any atom is 0.329 e. The lowest BCUT2D eigenvalue weighted by Crippen LogP contribution is -2.56. The molecule has 2 fully saturated rings. The third-order valence-electron chi connectivity index (χ3n) is 4.06. The molecular weight excluding hydrogens is 262 g/mol. The smallest absolute Gasteiger partial charge is 0.329 e. The Morgan fingerprint density at radius 3 is 2.60 bits per heavy atom. The van der Waals surface area contributed by atoms with Crippen molar-refractivity contribution in [2.75, 3.05) is 13.1 Å². The lowest BCUT2D eigenvalue weighted by atomic mass is 9.93. The Hall–Kier alpha value is -1.79. The van der Waals surface area contributed by atoms with E-state index in [-0.39, 0.29) is 18.5 Å². The average Bonchev–Trinajstić information content (AvgIpc) is 3.10. The topological polar surface area (TPSA) is 98.7 Å². The summed E-state index contributed by atoms with van der Waals surface area (Å²) in [5, 5.41) is 14.7. The first kappa shape index (κ1) is 14.6. The van der Waals surface area contributed by atoms with Crippen LogP contribution in [0.25, 0.3) is 0 Å². The zero-order chi connectivity index (χ0) is 14.8. The van der Waals surface area contributed by atoms with E-state index in [1.54, 1.807) is 6.92 Å². The highest BCUT2D eigenvalue weighted by atomic mass is 16.4. The molecule has 112 valence electrons. The summed E-state index contributed by atoms with van der Waals surface area (Å²) in [4.78, 5) is 36.4. The summed E-state index contributed by atoms with van der Waals surface area (Å²) < 4.78 is 0. The molecule has 20 heavy (non-hydrogen) atoms. The van der Waals surface area contributed by atoms with E-state index < -0.39 is 17.5 Å². The highest BCUT2D eigenvalue weighted by Crippen LogP contribution is 2.32. The van der Waals surface area contributed by atoms with E-state index in [4.69, 9.17) is 0 Å². The number of aliphatic carboxylic acids is 1. The van der Waals surface area contributed by atoms with Crippen molar-refractivity contribution in [3.8, 4) is 0 Å². The van der Waals surface area contributed by atoms with Crippen molar-refractivity contribution >= 4 is 17.9 Å². The molecule has 0 radical (unpaired) electrons. The number of carbonyl (C=O) groups excluding carboxylic acids is 2. The summed E-state index contributed by atoms with van der Waals surface area (Å²) in [6.45, 7) is 2.07. The molecule has 1 saturated carbocycles. The largest absolute Gasteiger partial charge is 0.479 e. The van der Waals surface area contributed by atoms with Gasteiger partial charge < -0.3 is 20.6 Å². The van der Waals surface area contributed by atoms with Gasteiger partial charge in [-0.05, 0) is 32.1 Å². The molecule has 0 aromatic carbocycles. The van der Waals surface area contributed by atoms with E-state index in [0.717, 1.165) is 12.8 Å². The predicted molar refractivity (Wildman–Crippen MR) is 71.2 cm³/mol. The minimum Gasteiger partial charge on any atom is -0.479 e. The van der Waals surface area contributed by atoms with Gasteiger partial charge in [0.25, 0.3) is 0 Å². The molecule has 3 amide bonds. The summed E-state index contributed by atoms with van der Waals surface area (Å²) in [6, 6.07) is -0.224. The minimum atomic E-state index is -1.13. The summed E-state index contributed by atoms with van der Waals surface area (Å²) in [5.41, 5.74) is -1.13. The molecule has 7 nitrogen and oxygen atoms in total. The van der Waals surface area contributed by atoms with Crippen LogP contribution in [0.15, 0.2) is 0 Å². The van der Waals surface area contributed by atoms with Crippen LogP contribution in [0.1, 0.15) is 39.0 Å². The van der Waals surface area contributed by atoms with E-state index in [2.05, 4.69) is 10.6 Å². The summed E-state index contributed by atoms with van der Waals surface area (Å²) in [5.74, 6) is -1.20. The second-order valence-corrected chi connectivity index (χ2v) is 5.45. The zero-order valence-electron chi connectivity index (χ0n) is 11.6. The lowest BCUT2D eigenvalue weighted by molar-refractivity contribution is -0.148. The van der Waals surface area contributed by atoms with E-state index in [9.17, 15) is 19.5 Å². The summed E-state index contributed by atoms with van der Waals surface area (Å²) in [6.07, 6.45) is 3.47. The summed E-state index contributed by atoms with van der Waals surface area (Å²) >= 11 is 0. The molecule has 3 N–H and O–H groups in total. The van der Waals surface area contributed by atoms with E-state index in [1.165, 1.54) is 4.90 Å². The zero-order valence-corrected chi connectivity index (χ0v) is 11.6. The van der Waals surface area contributed by atoms with Crippen LogP contribution >= 0.6 is 0 Å². The van der Waals surface area contributed by atoms with Gasteiger partial charge in [-0.1, -0.05) is 6.92 Å². The van der Waals surface area contributed by atoms with Crippen molar-refractivity contribution < 1.29 is 19.5 Å². The van der Waals surface area contributed by atoms with Gasteiger partial charge in [-0.25, -0.2) is 9.59 Å². The van der Waals surface area contributed by atoms with Crippen LogP contribution < -0.4 is 10.6 Å². The minimum absolute atomic E-state index is 0.106. The number of likely N-dealkylation sites (tertiary alicyclic amines) is 1. The number of hydrogen-bond donors (Lipinski definition) is 3. The number of hydrogen-bond acceptors (Lipinski definition) is 3. The van der Waals surface area contributed by atoms with Crippen molar-refractivity contribution in [2.45, 2.75) is 50.6 Å². The molecule has 1 atom stereocenters. The van der Waals surface area contributed by atoms with E-state index in [0.29, 0.717) is 25.8 Å². The second kappa shape index (κ2) is 5.68. The van der Waals surface area contributed by atoms with Crippen molar-refractivity contribution in [2.24, 2.45) is 0 Å². The molecule has 1 unspecified atom stereocenters. The SMILES string of the molecule is CCC1(C(=O)O)CCCN1C(=O)NCC(=O)NC1CC1. The molecule has 0 aromatic rings. The third kappa shape index (κ3) is 2.86. The van der Waals surface area contributed by atoms with Crippen molar-refractivity contribution in [1.29, 1.82) is 0 Å². The number of carboxylic acids is 1. The standard InChI is InChI=1S/C13H21N3O4/c1-2-13(11(18)19)6-3-7-16(13)12(20)14-8-10(17)15-9-4-5-9/h9H,2-8H2,1H3,(H,14,20)(H,15,17)(H,18,19). The first-order valence-electron chi connectivity index (χ1n) is 7.08. The Bertz CT molecular complexity index is 422. The molecule has 1 saturated heterocycles. The molecule has 0 bridgehead atoms. The van der Waals surface area contributed by atoms with Gasteiger partial charge in [0.2, 0.25) is 5.91 Å². The molecular formula is C13H21N3O4. The fraction of sp³-hybridized carbons (Fsp3) is 0.769. The molecule has 2 aliphatic rings. The normalized spacial score (nSPS) is 25.4. The van der Waals surface area contributed by atoms with Gasteiger partial charge in [0.1, 0.15) is 5.54 Å². The van der Waals surface area contributed by atoms with Gasteiger partial charge in [-0.2, -0.15) is 0 Å². The van der Waals surface area contributed by atoms with Gasteiger partial charge >= 0.3 is 12.0 Å². The Balaban J connectivity index is 1.90. The van der Waals surface area contributed by atoms with Gasteiger partial charge in [0, 0.05) is 12.6 Å². The van der Waals surface area contributed by atoms with Crippen LogP contribution in [-0.4, -0.2) is 52.6 Å². The number of urea groups is 1. The van der Waals surface area contributed by atoms with Crippen LogP contribution in [0.4, 0.5) is 4.79 Å². The first-order chi connectivity index (χ1) is 9.49. The third-order valence-corrected chi connectivity index (χ3v) is 4.06. The van der Waals surface area contributed by atoms with Gasteiger partial charge in [0.15, 0.2) is 0 Å². The van der Waals surface area contributed by atoms with Crippen LogP contribution in [-0.2, 0) is 9.59 Å². The number of amides is 3. The monoisotopic (exact) mass is 283 g/mol. The fourth-order valence-electron chi connectivity index (χ4n) is 2.67. The van der Waals surface area contributed by atoms with Crippen LogP contribution in [0.2, 0.25) is 0 Å². The predicted octanol–water partition coefficient (Wildman–Crippen LogP) is 0.304. The first-order valence-corrected chi connectivity index (χ1v) is 7.08. The maximum absolute atomic E-state index is 12.1. The van der Waals surface area contributed by atoms with Crippen LogP contribution in [0.5, 0.6) is 0 Å². The number of rotatable bonds is 5. The molecule has 1 heterocycles. The Morgan fingerprint density at radius 1 is 1.35 bits per heavy atom. The molecule has 7 heteroatoms. The summed E-state index contributed by atoms with van der Waals surface area (Å²) in [7, 11) is 0. The van der Waals surface area contributed by atoms with E-state index >= 15 is 0 Å². The Kier molecular flexibility index (Phi) is 4.15. The highest BCUT2D eigenvalue weighted by molar-refractivity contribution is 5.89. The molecule has 2 rings (SSSR count). The Labute approximate surface area is 117 Å². The number of nitrogens with one attached hydrogen (secondary N) is 2. The fourth-order valence-corrected chi connectivity index (χ4v) is 2.67. The lowest BCUT2D eigenvalue weighted by Gasteiger charge is -2.33. The quantitative estimate of drug-likeness (QED) is 0.676. The highest BCUT2D eigenvalue weighted by Gasteiger charge is 2.48. The van der Waals surface area contributed by atoms with Gasteiger partial charge in [-0.15, -0.1) is 0 Å². The van der Waals surface area contributed by atoms with Crippen molar-refractivity contribution in [3.63, 3.8) is 0 Å². The van der Waals surface area contributed by atoms with E-state index in [1.807, 2.05) is 0 Å². The number of carbonyl (C=O) groups is 3. The molecule has 0 aromatic heterocycles. The molecule has 1 aliphatic carbocycles. The number of carboxylic acid groups (broad SMARTS) is 1. The molecule has 1 aliphatic heterocycles. The van der Waals surface area contributed by atoms with Crippen LogP contribution in [0.3, 0.4) is 0 Å². The molecule has 0 spiro atoms. The van der Waals surface area contributed by atoms with Gasteiger partial charge in [0.05, 0.1) is 6.54 Å². The number of nitrogens with zero attached hydrogens (tertiary/aromatic N) is 1. The second-order valence-electron chi connectivity index (χ2n) is 5.45. The maximum atomic E-state index is 12.1. The van der Waals surface area contributed by atoms with Gasteiger partial charge in [-0.3, -0.25) is 4.79 Å². The van der Waals surface area contributed by atoms with Crippen LogP contribution in [0, 0.1) is 0 Å². The van der Waals surface area contributed by atoms with Crippen molar-refractivity contribution in [3.05, 3.63) is 0 Å². The van der Waals surface area contributed by atoms with Crippen molar-refractivity contribution in [1.82, 2.24) is 15.5 Å². The Morgan fingerprint density at radius 2 is 2.05 bits per heavy atom.